The van der Waals surface area contributed by atoms with Gasteiger partial charge in [-0.25, -0.2) is 9.78 Å². The van der Waals surface area contributed by atoms with Crippen LogP contribution in [0.1, 0.15) is 32.1 Å². The van der Waals surface area contributed by atoms with Crippen molar-refractivity contribution in [3.63, 3.8) is 0 Å². The maximum Gasteiger partial charge on any atom is 0.330 e. The van der Waals surface area contributed by atoms with E-state index < -0.39 is 0 Å². The van der Waals surface area contributed by atoms with Gasteiger partial charge in [-0.2, -0.15) is 4.98 Å². The number of rotatable bonds is 2. The van der Waals surface area contributed by atoms with E-state index in [0.29, 0.717) is 11.6 Å². The van der Waals surface area contributed by atoms with Crippen molar-refractivity contribution < 1.29 is 0 Å². The normalized spacial score (nSPS) is 17.2. The summed E-state index contributed by atoms with van der Waals surface area (Å²) in [5.41, 5.74) is 1.36. The molecule has 0 atom stereocenters. The van der Waals surface area contributed by atoms with Crippen molar-refractivity contribution >= 4 is 22.8 Å². The standard InChI is InChI=1S/C13H17ClN4O/c1-17-11-10(7-15-12(14)16-11)18(13(17)19)8-9-5-3-2-4-6-9/h7,9H,2-6,8H2,1H3. The molecule has 0 aromatic carbocycles. The minimum Gasteiger partial charge on any atom is -0.289 e. The summed E-state index contributed by atoms with van der Waals surface area (Å²) in [6, 6.07) is 0. The second-order valence-electron chi connectivity index (χ2n) is 5.30. The number of hydrogen-bond acceptors (Lipinski definition) is 3. The molecule has 2 aromatic rings. The average Bonchev–Trinajstić information content (AvgIpc) is 2.65. The molecule has 0 aliphatic heterocycles. The van der Waals surface area contributed by atoms with E-state index in [1.54, 1.807) is 22.4 Å². The molecule has 1 aliphatic carbocycles. The van der Waals surface area contributed by atoms with E-state index in [1.165, 1.54) is 32.1 Å². The number of halogens is 1. The van der Waals surface area contributed by atoms with E-state index in [1.807, 2.05) is 0 Å². The lowest BCUT2D eigenvalue weighted by Crippen LogP contribution is -2.26. The molecule has 102 valence electrons. The van der Waals surface area contributed by atoms with Gasteiger partial charge in [-0.05, 0) is 30.4 Å². The highest BCUT2D eigenvalue weighted by atomic mass is 35.5. The van der Waals surface area contributed by atoms with Crippen LogP contribution in [0.2, 0.25) is 5.28 Å². The number of fused-ring (bicyclic) bond motifs is 1. The number of nitrogens with zero attached hydrogens (tertiary/aromatic N) is 4. The van der Waals surface area contributed by atoms with Crippen LogP contribution in [0, 0.1) is 5.92 Å². The fourth-order valence-corrected chi connectivity index (χ4v) is 3.09. The fraction of sp³-hybridized carbons (Fsp3) is 0.615. The minimum atomic E-state index is -0.0304. The van der Waals surface area contributed by atoms with Crippen LogP contribution >= 0.6 is 11.6 Å². The molecule has 2 heterocycles. The second kappa shape index (κ2) is 4.96. The van der Waals surface area contributed by atoms with E-state index in [9.17, 15) is 4.79 Å². The summed E-state index contributed by atoms with van der Waals surface area (Å²) in [6.45, 7) is 0.765. The molecular formula is C13H17ClN4O. The molecule has 2 aromatic heterocycles. The first kappa shape index (κ1) is 12.7. The quantitative estimate of drug-likeness (QED) is 0.794. The van der Waals surface area contributed by atoms with Crippen LogP contribution in [-0.4, -0.2) is 19.1 Å². The van der Waals surface area contributed by atoms with Gasteiger partial charge < -0.3 is 0 Å². The fourth-order valence-electron chi connectivity index (χ4n) is 2.96. The molecule has 19 heavy (non-hydrogen) atoms. The third kappa shape index (κ3) is 2.27. The van der Waals surface area contributed by atoms with Crippen molar-refractivity contribution in [1.82, 2.24) is 19.1 Å². The molecule has 0 saturated heterocycles. The zero-order valence-electron chi connectivity index (χ0n) is 11.0. The van der Waals surface area contributed by atoms with Crippen molar-refractivity contribution in [3.05, 3.63) is 22.0 Å². The number of aromatic nitrogens is 4. The highest BCUT2D eigenvalue weighted by molar-refractivity contribution is 6.28. The molecule has 1 fully saturated rings. The predicted molar refractivity (Wildman–Crippen MR) is 74.4 cm³/mol. The van der Waals surface area contributed by atoms with E-state index in [0.717, 1.165) is 12.1 Å². The van der Waals surface area contributed by atoms with E-state index in [4.69, 9.17) is 11.6 Å². The van der Waals surface area contributed by atoms with Crippen LogP contribution in [0.3, 0.4) is 0 Å². The largest absolute Gasteiger partial charge is 0.330 e. The summed E-state index contributed by atoms with van der Waals surface area (Å²) >= 11 is 5.80. The molecule has 0 N–H and O–H groups in total. The van der Waals surface area contributed by atoms with Gasteiger partial charge in [0.05, 0.1) is 6.20 Å². The zero-order valence-corrected chi connectivity index (χ0v) is 11.7. The third-order valence-electron chi connectivity index (χ3n) is 4.01. The smallest absolute Gasteiger partial charge is 0.289 e. The van der Waals surface area contributed by atoms with Crippen LogP contribution in [0.4, 0.5) is 0 Å². The molecule has 0 bridgehead atoms. The SMILES string of the molecule is Cn1c(=O)n(CC2CCCCC2)c2cnc(Cl)nc21. The molecule has 5 nitrogen and oxygen atoms in total. The molecule has 3 rings (SSSR count). The molecule has 0 amide bonds. The van der Waals surface area contributed by atoms with Crippen molar-refractivity contribution in [2.45, 2.75) is 38.6 Å². The number of aryl methyl sites for hydroxylation is 1. The van der Waals surface area contributed by atoms with Crippen molar-refractivity contribution in [2.24, 2.45) is 13.0 Å². The molecule has 0 spiro atoms. The Bertz CT molecular complexity index is 654. The Morgan fingerprint density at radius 2 is 2.11 bits per heavy atom. The Balaban J connectivity index is 2.02. The number of hydrogen-bond donors (Lipinski definition) is 0. The Morgan fingerprint density at radius 1 is 1.37 bits per heavy atom. The van der Waals surface area contributed by atoms with Crippen molar-refractivity contribution in [3.8, 4) is 0 Å². The van der Waals surface area contributed by atoms with Gasteiger partial charge in [0.1, 0.15) is 5.52 Å². The summed E-state index contributed by atoms with van der Waals surface area (Å²) in [5, 5.41) is 0.179. The lowest BCUT2D eigenvalue weighted by Gasteiger charge is -2.21. The second-order valence-corrected chi connectivity index (χ2v) is 5.64. The predicted octanol–water partition coefficient (Wildman–Crippen LogP) is 2.36. The molecular weight excluding hydrogens is 264 g/mol. The van der Waals surface area contributed by atoms with E-state index >= 15 is 0 Å². The molecule has 0 radical (unpaired) electrons. The van der Waals surface area contributed by atoms with Gasteiger partial charge >= 0.3 is 5.69 Å². The average molecular weight is 281 g/mol. The van der Waals surface area contributed by atoms with Crippen LogP contribution < -0.4 is 5.69 Å². The van der Waals surface area contributed by atoms with Crippen LogP contribution in [-0.2, 0) is 13.6 Å². The Morgan fingerprint density at radius 3 is 2.84 bits per heavy atom. The van der Waals surface area contributed by atoms with Gasteiger partial charge in [0, 0.05) is 13.6 Å². The third-order valence-corrected chi connectivity index (χ3v) is 4.19. The Kier molecular flexibility index (Phi) is 3.31. The first-order valence-electron chi connectivity index (χ1n) is 6.74. The van der Waals surface area contributed by atoms with Crippen molar-refractivity contribution in [1.29, 1.82) is 0 Å². The van der Waals surface area contributed by atoms with E-state index in [2.05, 4.69) is 9.97 Å². The van der Waals surface area contributed by atoms with E-state index in [-0.39, 0.29) is 11.0 Å². The summed E-state index contributed by atoms with van der Waals surface area (Å²) in [5.74, 6) is 0.590. The maximum atomic E-state index is 12.3. The summed E-state index contributed by atoms with van der Waals surface area (Å²) in [6.07, 6.45) is 7.92. The Labute approximate surface area is 116 Å². The zero-order chi connectivity index (χ0) is 13.4. The summed E-state index contributed by atoms with van der Waals surface area (Å²) < 4.78 is 3.34. The van der Waals surface area contributed by atoms with Gasteiger partial charge in [-0.1, -0.05) is 19.3 Å². The number of imidazole rings is 1. The summed E-state index contributed by atoms with van der Waals surface area (Å²) in [4.78, 5) is 20.4. The van der Waals surface area contributed by atoms with Crippen molar-refractivity contribution in [2.75, 3.05) is 0 Å². The lowest BCUT2D eigenvalue weighted by atomic mass is 9.89. The summed E-state index contributed by atoms with van der Waals surface area (Å²) in [7, 11) is 1.73. The molecule has 1 saturated carbocycles. The molecule has 0 unspecified atom stereocenters. The topological polar surface area (TPSA) is 52.7 Å². The van der Waals surface area contributed by atoms with Crippen LogP contribution in [0.15, 0.2) is 11.0 Å². The van der Waals surface area contributed by atoms with Gasteiger partial charge in [0.25, 0.3) is 0 Å². The van der Waals surface area contributed by atoms with Crippen LogP contribution in [0.25, 0.3) is 11.2 Å². The lowest BCUT2D eigenvalue weighted by molar-refractivity contribution is 0.318. The minimum absolute atomic E-state index is 0.0304. The van der Waals surface area contributed by atoms with Crippen LogP contribution in [0.5, 0.6) is 0 Å². The monoisotopic (exact) mass is 280 g/mol. The van der Waals surface area contributed by atoms with Gasteiger partial charge in [0.15, 0.2) is 5.65 Å². The first-order valence-corrected chi connectivity index (χ1v) is 7.12. The van der Waals surface area contributed by atoms with Gasteiger partial charge in [0.2, 0.25) is 5.28 Å². The maximum absolute atomic E-state index is 12.3. The van der Waals surface area contributed by atoms with Gasteiger partial charge in [-0.3, -0.25) is 9.13 Å². The first-order chi connectivity index (χ1) is 9.16. The highest BCUT2D eigenvalue weighted by Crippen LogP contribution is 2.25. The van der Waals surface area contributed by atoms with Gasteiger partial charge in [-0.15, -0.1) is 0 Å². The molecule has 6 heteroatoms. The molecule has 1 aliphatic rings. The Hall–Kier alpha value is -1.36. The highest BCUT2D eigenvalue weighted by Gasteiger charge is 2.19.